The smallest absolute Gasteiger partial charge is 0.239 e. The first kappa shape index (κ1) is 19.4. The number of carbonyl (C=O) groups is 1. The van der Waals surface area contributed by atoms with Gasteiger partial charge in [-0.05, 0) is 83.1 Å². The minimum absolute atomic E-state index is 0.0287. The van der Waals surface area contributed by atoms with Gasteiger partial charge in [-0.3, -0.25) is 9.69 Å². The summed E-state index contributed by atoms with van der Waals surface area (Å²) in [4.78, 5) is 17.5. The number of nitrogens with one attached hydrogen (secondary N) is 1. The molecular formula is C22H35N3O. The first-order valence-electron chi connectivity index (χ1n) is 10.4. The van der Waals surface area contributed by atoms with Crippen LogP contribution in [0.25, 0.3) is 0 Å². The molecule has 3 rings (SSSR count). The topological polar surface area (TPSA) is 35.6 Å². The van der Waals surface area contributed by atoms with Gasteiger partial charge in [-0.1, -0.05) is 30.3 Å². The van der Waals surface area contributed by atoms with E-state index in [0.29, 0.717) is 11.8 Å². The van der Waals surface area contributed by atoms with Crippen molar-refractivity contribution < 1.29 is 4.79 Å². The van der Waals surface area contributed by atoms with Gasteiger partial charge in [-0.2, -0.15) is 0 Å². The molecule has 0 bridgehead atoms. The van der Waals surface area contributed by atoms with Crippen LogP contribution in [0.3, 0.4) is 0 Å². The fourth-order valence-electron chi connectivity index (χ4n) is 4.63. The van der Waals surface area contributed by atoms with E-state index in [2.05, 4.69) is 52.4 Å². The molecule has 0 spiro atoms. The van der Waals surface area contributed by atoms with Gasteiger partial charge in [-0.25, -0.2) is 0 Å². The van der Waals surface area contributed by atoms with Crippen molar-refractivity contribution in [3.8, 4) is 0 Å². The Hall–Kier alpha value is -1.39. The molecule has 1 aromatic carbocycles. The number of piperidine rings is 2. The number of carbonyl (C=O) groups excluding carboxylic acids is 1. The highest BCUT2D eigenvalue weighted by atomic mass is 16.2. The Balaban J connectivity index is 1.46. The highest BCUT2D eigenvalue weighted by Gasteiger charge is 2.31. The predicted molar refractivity (Wildman–Crippen MR) is 107 cm³/mol. The summed E-state index contributed by atoms with van der Waals surface area (Å²) in [7, 11) is 2.00. The van der Waals surface area contributed by atoms with Crippen LogP contribution >= 0.6 is 0 Å². The fourth-order valence-corrected chi connectivity index (χ4v) is 4.63. The van der Waals surface area contributed by atoms with Crippen molar-refractivity contribution in [3.05, 3.63) is 35.9 Å². The molecule has 2 aliphatic rings. The normalized spacial score (nSPS) is 23.8. The predicted octanol–water partition coefficient (Wildman–Crippen LogP) is 2.79. The molecule has 1 amide bonds. The van der Waals surface area contributed by atoms with Gasteiger partial charge in [-0.15, -0.1) is 0 Å². The number of amides is 1. The summed E-state index contributed by atoms with van der Waals surface area (Å²) < 4.78 is 0. The van der Waals surface area contributed by atoms with Crippen LogP contribution in [0.2, 0.25) is 0 Å². The lowest BCUT2D eigenvalue weighted by Crippen LogP contribution is -2.52. The summed E-state index contributed by atoms with van der Waals surface area (Å²) in [6.07, 6.45) is 5.96. The summed E-state index contributed by atoms with van der Waals surface area (Å²) in [6.45, 7) is 7.10. The van der Waals surface area contributed by atoms with Crippen molar-refractivity contribution in [2.75, 3.05) is 39.8 Å². The first-order chi connectivity index (χ1) is 12.7. The van der Waals surface area contributed by atoms with E-state index < -0.39 is 0 Å². The summed E-state index contributed by atoms with van der Waals surface area (Å²) in [6, 6.07) is 10.8. The average Bonchev–Trinajstić information content (AvgIpc) is 2.69. The molecule has 144 valence electrons. The van der Waals surface area contributed by atoms with Gasteiger partial charge in [0.05, 0.1) is 6.04 Å². The maximum atomic E-state index is 13.0. The summed E-state index contributed by atoms with van der Waals surface area (Å²) in [5.41, 5.74) is 1.44. The lowest BCUT2D eigenvalue weighted by atomic mass is 9.89. The second-order valence-corrected chi connectivity index (χ2v) is 8.20. The zero-order chi connectivity index (χ0) is 18.4. The van der Waals surface area contributed by atoms with Crippen LogP contribution in [-0.4, -0.2) is 61.5 Å². The zero-order valence-electron chi connectivity index (χ0n) is 16.5. The van der Waals surface area contributed by atoms with Gasteiger partial charge >= 0.3 is 0 Å². The summed E-state index contributed by atoms with van der Waals surface area (Å²) in [5.74, 6) is 1.71. The van der Waals surface area contributed by atoms with Crippen LogP contribution in [0.15, 0.2) is 30.3 Å². The Morgan fingerprint density at radius 3 is 2.54 bits per heavy atom. The largest absolute Gasteiger partial charge is 0.341 e. The third-order valence-corrected chi connectivity index (χ3v) is 6.24. The van der Waals surface area contributed by atoms with E-state index in [1.807, 2.05) is 7.05 Å². The van der Waals surface area contributed by atoms with E-state index >= 15 is 0 Å². The Labute approximate surface area is 158 Å². The highest BCUT2D eigenvalue weighted by molar-refractivity contribution is 5.81. The Morgan fingerprint density at radius 1 is 1.12 bits per heavy atom. The minimum Gasteiger partial charge on any atom is -0.341 e. The Kier molecular flexibility index (Phi) is 7.09. The van der Waals surface area contributed by atoms with Crippen LogP contribution in [0.5, 0.6) is 0 Å². The monoisotopic (exact) mass is 357 g/mol. The van der Waals surface area contributed by atoms with Gasteiger partial charge in [0.15, 0.2) is 0 Å². The number of nitrogens with zero attached hydrogens (tertiary/aromatic N) is 2. The van der Waals surface area contributed by atoms with Gasteiger partial charge < -0.3 is 10.2 Å². The molecule has 2 saturated heterocycles. The Morgan fingerprint density at radius 2 is 1.85 bits per heavy atom. The third kappa shape index (κ3) is 5.08. The van der Waals surface area contributed by atoms with E-state index in [-0.39, 0.29) is 6.04 Å². The number of hydrogen-bond acceptors (Lipinski definition) is 3. The molecule has 0 radical (unpaired) electrons. The standard InChI is InChI=1S/C22H35N3O/c1-18(22(26)25-12-6-9-21(17-25)16-23-2)24-13-10-20(11-14-24)15-19-7-4-3-5-8-19/h3-5,7-8,18,20-21,23H,6,9-17H2,1-2H3. The molecule has 0 aromatic heterocycles. The molecule has 2 heterocycles. The van der Waals surface area contributed by atoms with Gasteiger partial charge in [0, 0.05) is 13.1 Å². The number of rotatable bonds is 6. The van der Waals surface area contributed by atoms with Crippen molar-refractivity contribution in [1.82, 2.24) is 15.1 Å². The molecule has 26 heavy (non-hydrogen) atoms. The van der Waals surface area contributed by atoms with Crippen LogP contribution in [0.1, 0.15) is 38.2 Å². The van der Waals surface area contributed by atoms with E-state index in [0.717, 1.165) is 45.1 Å². The van der Waals surface area contributed by atoms with Crippen LogP contribution < -0.4 is 5.32 Å². The second kappa shape index (κ2) is 9.52. The SMILES string of the molecule is CNCC1CCCN(C(=O)C(C)N2CCC(Cc3ccccc3)CC2)C1. The lowest BCUT2D eigenvalue weighted by Gasteiger charge is -2.39. The average molecular weight is 358 g/mol. The van der Waals surface area contributed by atoms with Crippen LogP contribution in [0, 0.1) is 11.8 Å². The van der Waals surface area contributed by atoms with E-state index in [9.17, 15) is 4.79 Å². The van der Waals surface area contributed by atoms with E-state index in [1.54, 1.807) is 0 Å². The highest BCUT2D eigenvalue weighted by Crippen LogP contribution is 2.24. The van der Waals surface area contributed by atoms with Crippen LogP contribution in [-0.2, 0) is 11.2 Å². The fraction of sp³-hybridized carbons (Fsp3) is 0.682. The maximum absolute atomic E-state index is 13.0. The molecule has 0 saturated carbocycles. The molecule has 4 heteroatoms. The van der Waals surface area contributed by atoms with Crippen molar-refractivity contribution in [3.63, 3.8) is 0 Å². The van der Waals surface area contributed by atoms with E-state index in [1.165, 1.54) is 31.2 Å². The quantitative estimate of drug-likeness (QED) is 0.850. The van der Waals surface area contributed by atoms with Gasteiger partial charge in [0.25, 0.3) is 0 Å². The van der Waals surface area contributed by atoms with E-state index in [4.69, 9.17) is 0 Å². The Bertz CT molecular complexity index is 552. The van der Waals surface area contributed by atoms with Crippen molar-refractivity contribution in [2.45, 2.75) is 45.1 Å². The minimum atomic E-state index is 0.0287. The first-order valence-corrected chi connectivity index (χ1v) is 10.4. The summed E-state index contributed by atoms with van der Waals surface area (Å²) in [5, 5.41) is 3.27. The summed E-state index contributed by atoms with van der Waals surface area (Å²) >= 11 is 0. The van der Waals surface area contributed by atoms with Crippen LogP contribution in [0.4, 0.5) is 0 Å². The molecule has 2 fully saturated rings. The molecule has 1 aromatic rings. The second-order valence-electron chi connectivity index (χ2n) is 8.20. The lowest BCUT2D eigenvalue weighted by molar-refractivity contribution is -0.138. The van der Waals surface area contributed by atoms with Gasteiger partial charge in [0.1, 0.15) is 0 Å². The van der Waals surface area contributed by atoms with Gasteiger partial charge in [0.2, 0.25) is 5.91 Å². The number of benzene rings is 1. The number of likely N-dealkylation sites (tertiary alicyclic amines) is 2. The zero-order valence-corrected chi connectivity index (χ0v) is 16.5. The molecule has 2 unspecified atom stereocenters. The molecular weight excluding hydrogens is 322 g/mol. The molecule has 2 aliphatic heterocycles. The van der Waals surface area contributed by atoms with Crippen molar-refractivity contribution >= 4 is 5.91 Å². The molecule has 0 aliphatic carbocycles. The third-order valence-electron chi connectivity index (χ3n) is 6.24. The maximum Gasteiger partial charge on any atom is 0.239 e. The molecule has 4 nitrogen and oxygen atoms in total. The number of hydrogen-bond donors (Lipinski definition) is 1. The molecule has 1 N–H and O–H groups in total. The molecule has 2 atom stereocenters. The van der Waals surface area contributed by atoms with Crippen molar-refractivity contribution in [1.29, 1.82) is 0 Å². The van der Waals surface area contributed by atoms with Crippen molar-refractivity contribution in [2.24, 2.45) is 11.8 Å².